The molecule has 2 atom stereocenters. The first-order valence-electron chi connectivity index (χ1n) is 33.0. The second kappa shape index (κ2) is 65.6. The summed E-state index contributed by atoms with van der Waals surface area (Å²) in [5.74, 6) is -0.829. The molecule has 0 fully saturated rings. The Labute approximate surface area is 498 Å². The molecular formula is C71H122NO8P. The monoisotopic (exact) mass is 1150 g/mol. The van der Waals surface area contributed by atoms with Gasteiger partial charge in [0, 0.05) is 19.4 Å². The van der Waals surface area contributed by atoms with Gasteiger partial charge in [0.15, 0.2) is 6.10 Å². The first kappa shape index (κ1) is 77.4. The maximum atomic E-state index is 12.7. The fourth-order valence-corrected chi connectivity index (χ4v) is 9.74. The van der Waals surface area contributed by atoms with Gasteiger partial charge < -0.3 is 20.1 Å². The second-order valence-corrected chi connectivity index (χ2v) is 23.1. The molecule has 0 aromatic heterocycles. The number of hydrogen-bond acceptors (Lipinski definition) is 8. The van der Waals surface area contributed by atoms with E-state index < -0.39 is 26.5 Å². The number of nitrogens with two attached hydrogens (primary N) is 1. The summed E-state index contributed by atoms with van der Waals surface area (Å²) in [7, 11) is -4.40. The number of phosphoric ester groups is 1. The highest BCUT2D eigenvalue weighted by atomic mass is 31.2. The summed E-state index contributed by atoms with van der Waals surface area (Å²) in [6.07, 6.45) is 91.3. The van der Waals surface area contributed by atoms with Crippen molar-refractivity contribution in [1.29, 1.82) is 0 Å². The SMILES string of the molecule is CC/C=C\C/C=C\C/C=C\C/C=C\C/C=C\C/C=C\C/C=C\C/C=C\CCCCCCCCCCCCCCCCCCC(=O)OC(COC(=O)CCCCCCCCCCC/C=C\C/C=C\CCCCC)COP(=O)(O)OCCN. The van der Waals surface area contributed by atoms with Crippen molar-refractivity contribution in [3.63, 3.8) is 0 Å². The molecule has 0 aliphatic heterocycles. The van der Waals surface area contributed by atoms with Crippen LogP contribution in [0.15, 0.2) is 122 Å². The largest absolute Gasteiger partial charge is 0.472 e. The average Bonchev–Trinajstić information content (AvgIpc) is 3.46. The number of esters is 2. The highest BCUT2D eigenvalue weighted by molar-refractivity contribution is 7.47. The van der Waals surface area contributed by atoms with Crippen molar-refractivity contribution in [2.45, 2.75) is 290 Å². The van der Waals surface area contributed by atoms with Gasteiger partial charge in [-0.2, -0.15) is 0 Å². The van der Waals surface area contributed by atoms with E-state index in [9.17, 15) is 19.0 Å². The van der Waals surface area contributed by atoms with Gasteiger partial charge in [-0.05, 0) is 109 Å². The van der Waals surface area contributed by atoms with Crippen LogP contribution in [0.4, 0.5) is 0 Å². The molecule has 0 saturated carbocycles. The van der Waals surface area contributed by atoms with Crippen molar-refractivity contribution in [1.82, 2.24) is 0 Å². The minimum absolute atomic E-state index is 0.0494. The van der Waals surface area contributed by atoms with Gasteiger partial charge in [-0.15, -0.1) is 0 Å². The highest BCUT2D eigenvalue weighted by Crippen LogP contribution is 2.43. The lowest BCUT2D eigenvalue weighted by Gasteiger charge is -2.19. The standard InChI is InChI=1S/C71H122NO8P/c1-3-5-7-9-11-13-15-17-19-21-23-24-25-26-27-28-29-30-31-32-33-34-35-36-37-38-39-40-41-42-43-44-46-48-50-52-54-56-58-60-62-64-71(74)80-69(68-79-81(75,76)78-66-65-72)67-77-70(73)63-61-59-57-55-53-51-49-47-45-22-20-18-16-14-12-10-8-6-4-2/h5,7,11-14,17-20,23-24,26-27,29-30,32-33,35-36,69H,3-4,6,8-10,15-16,21-22,25,28,31,34,37-68,72H2,1-2H3,(H,75,76)/b7-5-,13-11-,14-12-,19-17-,20-18-,24-23-,27-26-,30-29-,33-32-,36-35-. The molecule has 0 saturated heterocycles. The Morgan fingerprint density at radius 2 is 0.679 bits per heavy atom. The third kappa shape index (κ3) is 65.4. The van der Waals surface area contributed by atoms with Crippen LogP contribution < -0.4 is 5.73 Å². The number of carbonyl (C=O) groups is 2. The third-order valence-electron chi connectivity index (χ3n) is 13.8. The minimum atomic E-state index is -4.40. The zero-order valence-corrected chi connectivity index (χ0v) is 52.9. The van der Waals surface area contributed by atoms with E-state index in [1.54, 1.807) is 0 Å². The molecular weight excluding hydrogens is 1030 g/mol. The number of ether oxygens (including phenoxy) is 2. The molecule has 0 aromatic rings. The Morgan fingerprint density at radius 3 is 1.01 bits per heavy atom. The third-order valence-corrected chi connectivity index (χ3v) is 14.8. The Kier molecular flexibility index (Phi) is 62.7. The quantitative estimate of drug-likeness (QED) is 0.0264. The Hall–Kier alpha value is -3.59. The molecule has 0 aromatic carbocycles. The van der Waals surface area contributed by atoms with E-state index in [1.165, 1.54) is 141 Å². The van der Waals surface area contributed by atoms with E-state index in [2.05, 4.69) is 135 Å². The van der Waals surface area contributed by atoms with Crippen LogP contribution in [0.25, 0.3) is 0 Å². The molecule has 0 spiro atoms. The van der Waals surface area contributed by atoms with Gasteiger partial charge in [-0.25, -0.2) is 4.57 Å². The smallest absolute Gasteiger partial charge is 0.462 e. The lowest BCUT2D eigenvalue weighted by Crippen LogP contribution is -2.29. The van der Waals surface area contributed by atoms with Gasteiger partial charge in [0.2, 0.25) is 0 Å². The molecule has 0 aliphatic carbocycles. The van der Waals surface area contributed by atoms with Gasteiger partial charge in [0.25, 0.3) is 0 Å². The van der Waals surface area contributed by atoms with Crippen LogP contribution in [0, 0.1) is 0 Å². The molecule has 3 N–H and O–H groups in total. The molecule has 81 heavy (non-hydrogen) atoms. The summed E-state index contributed by atoms with van der Waals surface area (Å²) in [5.41, 5.74) is 5.39. The Balaban J connectivity index is 3.88. The van der Waals surface area contributed by atoms with E-state index >= 15 is 0 Å². The van der Waals surface area contributed by atoms with Crippen molar-refractivity contribution in [2.75, 3.05) is 26.4 Å². The number of phosphoric acid groups is 1. The average molecular weight is 1150 g/mol. The highest BCUT2D eigenvalue weighted by Gasteiger charge is 2.26. The van der Waals surface area contributed by atoms with Crippen LogP contribution in [0.3, 0.4) is 0 Å². The normalized spacial score (nSPS) is 13.8. The lowest BCUT2D eigenvalue weighted by atomic mass is 10.0. The molecule has 0 aliphatic rings. The minimum Gasteiger partial charge on any atom is -0.462 e. The summed E-state index contributed by atoms with van der Waals surface area (Å²) in [6.45, 7) is 3.61. The molecule has 0 heterocycles. The zero-order valence-electron chi connectivity index (χ0n) is 52.0. The lowest BCUT2D eigenvalue weighted by molar-refractivity contribution is -0.161. The fourth-order valence-electron chi connectivity index (χ4n) is 8.98. The first-order valence-corrected chi connectivity index (χ1v) is 34.5. The van der Waals surface area contributed by atoms with Crippen molar-refractivity contribution in [3.8, 4) is 0 Å². The summed E-state index contributed by atoms with van der Waals surface area (Å²) in [6, 6.07) is 0. The zero-order chi connectivity index (χ0) is 58.7. The number of hydrogen-bond donors (Lipinski definition) is 2. The molecule has 9 nitrogen and oxygen atoms in total. The van der Waals surface area contributed by atoms with Crippen molar-refractivity contribution < 1.29 is 37.6 Å². The van der Waals surface area contributed by atoms with Crippen LogP contribution in [0.5, 0.6) is 0 Å². The van der Waals surface area contributed by atoms with Gasteiger partial charge in [0.05, 0.1) is 13.2 Å². The van der Waals surface area contributed by atoms with Gasteiger partial charge in [-0.1, -0.05) is 283 Å². The number of carbonyl (C=O) groups excluding carboxylic acids is 2. The van der Waals surface area contributed by atoms with Crippen LogP contribution in [0.2, 0.25) is 0 Å². The molecule has 2 unspecified atom stereocenters. The van der Waals surface area contributed by atoms with E-state index in [1.807, 2.05) is 0 Å². The van der Waals surface area contributed by atoms with Crippen LogP contribution in [-0.2, 0) is 32.7 Å². The predicted molar refractivity (Wildman–Crippen MR) is 348 cm³/mol. The Bertz CT molecular complexity index is 1740. The summed E-state index contributed by atoms with van der Waals surface area (Å²) < 4.78 is 33.1. The second-order valence-electron chi connectivity index (χ2n) is 21.6. The Morgan fingerprint density at radius 1 is 0.383 bits per heavy atom. The van der Waals surface area contributed by atoms with E-state index in [-0.39, 0.29) is 38.6 Å². The molecule has 0 bridgehead atoms. The first-order chi connectivity index (χ1) is 39.8. The maximum absolute atomic E-state index is 12.7. The molecule has 464 valence electrons. The van der Waals surface area contributed by atoms with E-state index in [4.69, 9.17) is 24.3 Å². The maximum Gasteiger partial charge on any atom is 0.472 e. The van der Waals surface area contributed by atoms with Crippen molar-refractivity contribution in [2.24, 2.45) is 5.73 Å². The summed E-state index contributed by atoms with van der Waals surface area (Å²) >= 11 is 0. The predicted octanol–water partition coefficient (Wildman–Crippen LogP) is 21.5. The van der Waals surface area contributed by atoms with Gasteiger partial charge in [-0.3, -0.25) is 18.6 Å². The topological polar surface area (TPSA) is 134 Å². The number of allylic oxidation sites excluding steroid dienone is 20. The number of rotatable bonds is 61. The van der Waals surface area contributed by atoms with E-state index in [0.717, 1.165) is 109 Å². The van der Waals surface area contributed by atoms with Gasteiger partial charge >= 0.3 is 19.8 Å². The van der Waals surface area contributed by atoms with Crippen LogP contribution in [0.1, 0.15) is 284 Å². The number of unbranched alkanes of at least 4 members (excludes halogenated alkanes) is 28. The summed E-state index contributed by atoms with van der Waals surface area (Å²) in [5, 5.41) is 0. The van der Waals surface area contributed by atoms with Crippen LogP contribution in [-0.4, -0.2) is 49.3 Å². The van der Waals surface area contributed by atoms with Crippen molar-refractivity contribution >= 4 is 19.8 Å². The van der Waals surface area contributed by atoms with Crippen molar-refractivity contribution in [3.05, 3.63) is 122 Å². The fraction of sp³-hybridized carbons (Fsp3) is 0.690. The molecule has 0 amide bonds. The molecule has 0 radical (unpaired) electrons. The molecule has 0 rings (SSSR count). The summed E-state index contributed by atoms with van der Waals surface area (Å²) in [4.78, 5) is 35.3. The molecule has 10 heteroatoms. The van der Waals surface area contributed by atoms with Gasteiger partial charge in [0.1, 0.15) is 6.61 Å². The van der Waals surface area contributed by atoms with E-state index in [0.29, 0.717) is 6.42 Å². The van der Waals surface area contributed by atoms with Crippen LogP contribution >= 0.6 is 7.82 Å².